The predicted octanol–water partition coefficient (Wildman–Crippen LogP) is 3.94. The number of hydrogen-bond acceptors (Lipinski definition) is 2. The molecule has 0 N–H and O–H groups in total. The van der Waals surface area contributed by atoms with Crippen LogP contribution in [0.2, 0.25) is 0 Å². The van der Waals surface area contributed by atoms with E-state index in [-0.39, 0.29) is 0 Å². The maximum Gasteiger partial charge on any atom is 0.0676 e. The number of nitrogens with zero attached hydrogens (tertiary/aromatic N) is 1. The molecule has 0 amide bonds. The highest BCUT2D eigenvalue weighted by Crippen LogP contribution is 2.17. The minimum atomic E-state index is 0.795. The van der Waals surface area contributed by atoms with Crippen LogP contribution in [0.25, 0.3) is 0 Å². The lowest BCUT2D eigenvalue weighted by Crippen LogP contribution is -1.97. The van der Waals surface area contributed by atoms with Crippen LogP contribution in [-0.2, 0) is 11.2 Å². The fraction of sp³-hybridized carbons (Fsp3) is 0.438. The smallest absolute Gasteiger partial charge is 0.0676 e. The Hall–Kier alpha value is -1.41. The second kappa shape index (κ2) is 8.65. The summed E-state index contributed by atoms with van der Waals surface area (Å²) in [5.41, 5.74) is 4.23. The van der Waals surface area contributed by atoms with Gasteiger partial charge in [-0.05, 0) is 49.5 Å². The Bertz CT molecular complexity index is 389. The fourth-order valence-corrected chi connectivity index (χ4v) is 1.71. The van der Waals surface area contributed by atoms with Crippen molar-refractivity contribution in [1.82, 2.24) is 4.98 Å². The summed E-state index contributed by atoms with van der Waals surface area (Å²) < 4.78 is 5.02. The zero-order valence-corrected chi connectivity index (χ0v) is 11.6. The van der Waals surface area contributed by atoms with Crippen LogP contribution < -0.4 is 0 Å². The first kappa shape index (κ1) is 14.7. The van der Waals surface area contributed by atoms with Crippen molar-refractivity contribution in [2.75, 3.05) is 13.7 Å². The molecule has 1 aromatic heterocycles. The van der Waals surface area contributed by atoms with E-state index < -0.39 is 0 Å². The molecule has 1 heterocycles. The number of hydrogen-bond donors (Lipinski definition) is 0. The normalized spacial score (nSPS) is 14.2. The summed E-state index contributed by atoms with van der Waals surface area (Å²) in [5.74, 6) is 0. The van der Waals surface area contributed by atoms with E-state index in [0.29, 0.717) is 0 Å². The van der Waals surface area contributed by atoms with Crippen molar-refractivity contribution < 1.29 is 4.74 Å². The number of pyridine rings is 1. The first-order chi connectivity index (χ1) is 8.76. The summed E-state index contributed by atoms with van der Waals surface area (Å²) in [6, 6.07) is 4.06. The SMILES string of the molecule is CCc1ccncc1.COCC1=CC=C(C)CC1. The van der Waals surface area contributed by atoms with Crippen molar-refractivity contribution in [2.24, 2.45) is 0 Å². The molecule has 1 aliphatic carbocycles. The molecule has 0 saturated carbocycles. The van der Waals surface area contributed by atoms with Crippen molar-refractivity contribution in [3.8, 4) is 0 Å². The van der Waals surface area contributed by atoms with Gasteiger partial charge in [-0.3, -0.25) is 4.98 Å². The minimum absolute atomic E-state index is 0.795. The quantitative estimate of drug-likeness (QED) is 0.804. The third kappa shape index (κ3) is 5.78. The largest absolute Gasteiger partial charge is 0.380 e. The van der Waals surface area contributed by atoms with Crippen molar-refractivity contribution in [3.63, 3.8) is 0 Å². The van der Waals surface area contributed by atoms with E-state index in [0.717, 1.165) is 13.0 Å². The van der Waals surface area contributed by atoms with Crippen LogP contribution in [0.4, 0.5) is 0 Å². The Kier molecular flexibility index (Phi) is 7.04. The van der Waals surface area contributed by atoms with Crippen molar-refractivity contribution >= 4 is 0 Å². The summed E-state index contributed by atoms with van der Waals surface area (Å²) in [7, 11) is 1.74. The monoisotopic (exact) mass is 245 g/mol. The lowest BCUT2D eigenvalue weighted by molar-refractivity contribution is 0.222. The van der Waals surface area contributed by atoms with Gasteiger partial charge >= 0.3 is 0 Å². The van der Waals surface area contributed by atoms with Crippen LogP contribution in [0.15, 0.2) is 47.8 Å². The van der Waals surface area contributed by atoms with Gasteiger partial charge in [0.25, 0.3) is 0 Å². The van der Waals surface area contributed by atoms with Crippen molar-refractivity contribution in [2.45, 2.75) is 33.1 Å². The molecule has 0 radical (unpaired) electrons. The van der Waals surface area contributed by atoms with Crippen molar-refractivity contribution in [1.29, 1.82) is 0 Å². The molecule has 0 unspecified atom stereocenters. The first-order valence-electron chi connectivity index (χ1n) is 6.49. The van der Waals surface area contributed by atoms with E-state index in [1.807, 2.05) is 24.5 Å². The molecule has 0 bridgehead atoms. The van der Waals surface area contributed by atoms with E-state index in [9.17, 15) is 0 Å². The number of allylic oxidation sites excluding steroid dienone is 3. The van der Waals surface area contributed by atoms with Crippen LogP contribution >= 0.6 is 0 Å². The molecule has 2 rings (SSSR count). The molecule has 18 heavy (non-hydrogen) atoms. The molecular formula is C16H23NO. The van der Waals surface area contributed by atoms with Gasteiger partial charge in [0, 0.05) is 19.5 Å². The molecule has 2 heteroatoms. The lowest BCUT2D eigenvalue weighted by Gasteiger charge is -2.10. The Morgan fingerprint density at radius 2 is 1.89 bits per heavy atom. The van der Waals surface area contributed by atoms with Crippen molar-refractivity contribution in [3.05, 3.63) is 53.4 Å². The molecule has 0 atom stereocenters. The molecular weight excluding hydrogens is 222 g/mol. The number of aromatic nitrogens is 1. The maximum absolute atomic E-state index is 5.02. The van der Waals surface area contributed by atoms with Gasteiger partial charge in [0.1, 0.15) is 0 Å². The number of methoxy groups -OCH3 is 1. The second-order valence-corrected chi connectivity index (χ2v) is 4.48. The molecule has 98 valence electrons. The van der Waals surface area contributed by atoms with Crippen LogP contribution in [-0.4, -0.2) is 18.7 Å². The molecule has 1 aromatic rings. The minimum Gasteiger partial charge on any atom is -0.380 e. The van der Waals surface area contributed by atoms with Gasteiger partial charge in [0.15, 0.2) is 0 Å². The molecule has 0 spiro atoms. The average Bonchev–Trinajstić information content (AvgIpc) is 2.43. The third-order valence-corrected chi connectivity index (χ3v) is 2.93. The van der Waals surface area contributed by atoms with Gasteiger partial charge in [-0.25, -0.2) is 0 Å². The van der Waals surface area contributed by atoms with E-state index in [1.54, 1.807) is 7.11 Å². The van der Waals surface area contributed by atoms with Crippen LogP contribution in [0.5, 0.6) is 0 Å². The summed E-state index contributed by atoms with van der Waals surface area (Å²) in [6.45, 7) is 5.10. The molecule has 0 saturated heterocycles. The van der Waals surface area contributed by atoms with Gasteiger partial charge in [0.05, 0.1) is 6.61 Å². The van der Waals surface area contributed by atoms with Gasteiger partial charge < -0.3 is 4.74 Å². The maximum atomic E-state index is 5.02. The number of ether oxygens (including phenoxy) is 1. The van der Waals surface area contributed by atoms with Crippen LogP contribution in [0, 0.1) is 0 Å². The Morgan fingerprint density at radius 3 is 2.33 bits per heavy atom. The third-order valence-electron chi connectivity index (χ3n) is 2.93. The fourth-order valence-electron chi connectivity index (χ4n) is 1.71. The van der Waals surface area contributed by atoms with Crippen LogP contribution in [0.3, 0.4) is 0 Å². The van der Waals surface area contributed by atoms with Gasteiger partial charge in [-0.15, -0.1) is 0 Å². The Balaban J connectivity index is 0.000000184. The number of rotatable bonds is 3. The van der Waals surface area contributed by atoms with E-state index >= 15 is 0 Å². The Labute approximate surface area is 110 Å². The molecule has 1 aliphatic rings. The Morgan fingerprint density at radius 1 is 1.17 bits per heavy atom. The van der Waals surface area contributed by atoms with Gasteiger partial charge in [-0.2, -0.15) is 0 Å². The predicted molar refractivity (Wildman–Crippen MR) is 76.6 cm³/mol. The average molecular weight is 245 g/mol. The first-order valence-corrected chi connectivity index (χ1v) is 6.49. The number of aryl methyl sites for hydroxylation is 1. The molecule has 0 aromatic carbocycles. The zero-order valence-electron chi connectivity index (χ0n) is 11.6. The van der Waals surface area contributed by atoms with E-state index in [4.69, 9.17) is 4.74 Å². The van der Waals surface area contributed by atoms with Gasteiger partial charge in [0.2, 0.25) is 0 Å². The summed E-state index contributed by atoms with van der Waals surface area (Å²) in [4.78, 5) is 3.89. The topological polar surface area (TPSA) is 22.1 Å². The van der Waals surface area contributed by atoms with E-state index in [1.165, 1.54) is 29.6 Å². The van der Waals surface area contributed by atoms with Gasteiger partial charge in [-0.1, -0.05) is 24.6 Å². The highest BCUT2D eigenvalue weighted by Gasteiger charge is 2.01. The molecule has 2 nitrogen and oxygen atoms in total. The lowest BCUT2D eigenvalue weighted by atomic mass is 10.0. The molecule has 0 fully saturated rings. The second-order valence-electron chi connectivity index (χ2n) is 4.48. The summed E-state index contributed by atoms with van der Waals surface area (Å²) in [6.07, 6.45) is 11.5. The van der Waals surface area contributed by atoms with Crippen LogP contribution in [0.1, 0.15) is 32.3 Å². The summed E-state index contributed by atoms with van der Waals surface area (Å²) in [5, 5.41) is 0. The molecule has 0 aliphatic heterocycles. The highest BCUT2D eigenvalue weighted by atomic mass is 16.5. The standard InChI is InChI=1S/C9H14O.C7H9N/c1-8-3-5-9(6-4-8)7-10-2;1-2-7-3-5-8-6-4-7/h3,5H,4,6-7H2,1-2H3;3-6H,2H2,1H3. The zero-order chi connectivity index (χ0) is 13.2. The summed E-state index contributed by atoms with van der Waals surface area (Å²) >= 11 is 0. The van der Waals surface area contributed by atoms with E-state index in [2.05, 4.69) is 31.0 Å². The highest BCUT2D eigenvalue weighted by molar-refractivity contribution is 5.22.